The number of thiophene rings is 1. The van der Waals surface area contributed by atoms with Gasteiger partial charge in [0.15, 0.2) is 5.78 Å². The highest BCUT2D eigenvalue weighted by Gasteiger charge is 2.52. The first-order valence-corrected chi connectivity index (χ1v) is 10.7. The molecule has 1 unspecified atom stereocenters. The molecule has 0 bridgehead atoms. The van der Waals surface area contributed by atoms with Crippen LogP contribution in [0.25, 0.3) is 0 Å². The van der Waals surface area contributed by atoms with Crippen LogP contribution >= 0.6 is 11.3 Å². The molecule has 0 N–H and O–H groups in total. The van der Waals surface area contributed by atoms with Gasteiger partial charge in [-0.15, -0.1) is 11.3 Å². The van der Waals surface area contributed by atoms with Crippen molar-refractivity contribution in [2.24, 2.45) is 17.8 Å². The zero-order valence-corrected chi connectivity index (χ0v) is 15.4. The van der Waals surface area contributed by atoms with E-state index in [1.165, 1.54) is 50.1 Å². The van der Waals surface area contributed by atoms with Crippen molar-refractivity contribution in [3.8, 4) is 0 Å². The van der Waals surface area contributed by atoms with Crippen LogP contribution in [0, 0.1) is 17.8 Å². The third-order valence-corrected chi connectivity index (χ3v) is 7.97. The fourth-order valence-corrected chi connectivity index (χ4v) is 6.83. The maximum absolute atomic E-state index is 13.2. The quantitative estimate of drug-likeness (QED) is 0.603. The summed E-state index contributed by atoms with van der Waals surface area (Å²) in [5.74, 6) is 0.990. The molecule has 0 saturated carbocycles. The fraction of sp³-hybridized carbons (Fsp3) is 0.700. The molecule has 0 aliphatic carbocycles. The molecule has 5 rings (SSSR count). The van der Waals surface area contributed by atoms with Crippen molar-refractivity contribution < 1.29 is 9.59 Å². The molecule has 134 valence electrons. The zero-order valence-electron chi connectivity index (χ0n) is 14.6. The first-order chi connectivity index (χ1) is 12.2. The van der Waals surface area contributed by atoms with Crippen LogP contribution in [0.1, 0.15) is 48.2 Å². The van der Waals surface area contributed by atoms with E-state index in [4.69, 9.17) is 0 Å². The Morgan fingerprint density at radius 2 is 1.96 bits per heavy atom. The topological polar surface area (TPSA) is 40.6 Å². The van der Waals surface area contributed by atoms with Gasteiger partial charge in [-0.25, -0.2) is 0 Å². The van der Waals surface area contributed by atoms with Crippen molar-refractivity contribution in [1.29, 1.82) is 0 Å². The molecular weight excluding hydrogens is 332 g/mol. The van der Waals surface area contributed by atoms with Crippen LogP contribution in [-0.4, -0.2) is 53.2 Å². The molecule has 4 saturated heterocycles. The molecule has 5 heteroatoms. The predicted molar refractivity (Wildman–Crippen MR) is 97.7 cm³/mol. The summed E-state index contributed by atoms with van der Waals surface area (Å²) in [4.78, 5) is 31.6. The monoisotopic (exact) mass is 358 g/mol. The van der Waals surface area contributed by atoms with Gasteiger partial charge in [0, 0.05) is 18.6 Å². The summed E-state index contributed by atoms with van der Waals surface area (Å²) in [6.45, 7) is 3.38. The Balaban J connectivity index is 1.41. The van der Waals surface area contributed by atoms with Crippen molar-refractivity contribution in [2.45, 2.75) is 50.6 Å². The summed E-state index contributed by atoms with van der Waals surface area (Å²) >= 11 is 1.46. The maximum atomic E-state index is 13.2. The summed E-state index contributed by atoms with van der Waals surface area (Å²) in [6.07, 6.45) is 6.79. The average Bonchev–Trinajstić information content (AvgIpc) is 3.17. The van der Waals surface area contributed by atoms with Crippen LogP contribution in [0.3, 0.4) is 0 Å². The number of fused-ring (bicyclic) bond motifs is 2. The van der Waals surface area contributed by atoms with E-state index in [1.807, 2.05) is 17.5 Å². The number of amides is 1. The number of ketones is 1. The van der Waals surface area contributed by atoms with E-state index in [0.29, 0.717) is 23.9 Å². The van der Waals surface area contributed by atoms with Gasteiger partial charge < -0.3 is 4.90 Å². The third-order valence-electron chi connectivity index (χ3n) is 7.08. The Morgan fingerprint density at radius 1 is 1.12 bits per heavy atom. The summed E-state index contributed by atoms with van der Waals surface area (Å²) in [6, 6.07) is 4.83. The molecule has 1 aromatic heterocycles. The second-order valence-corrected chi connectivity index (χ2v) is 9.21. The van der Waals surface area contributed by atoms with Crippen molar-refractivity contribution >= 4 is 23.0 Å². The number of carbonyl (C=O) groups excluding carboxylic acids is 2. The Hall–Kier alpha value is -1.20. The zero-order chi connectivity index (χ0) is 17.0. The first-order valence-electron chi connectivity index (χ1n) is 9.86. The van der Waals surface area contributed by atoms with E-state index in [0.717, 1.165) is 24.3 Å². The number of hydrogen-bond donors (Lipinski definition) is 0. The standard InChI is InChI=1S/C20H26N2O2S/c23-19(17-6-3-11-25-17)15-7-8-16-14-5-2-10-21-9-1-4-13(18(14)21)12-22(16)20(15)24/h3,6,11,13-16,18H,1-2,4-5,7-10,12H2/t13-,14+,15?,16+,18-/m0/s1. The van der Waals surface area contributed by atoms with Gasteiger partial charge in [-0.2, -0.15) is 0 Å². The second-order valence-electron chi connectivity index (χ2n) is 8.26. The summed E-state index contributed by atoms with van der Waals surface area (Å²) in [7, 11) is 0. The lowest BCUT2D eigenvalue weighted by molar-refractivity contribution is -0.154. The Kier molecular flexibility index (Phi) is 3.97. The minimum Gasteiger partial charge on any atom is -0.338 e. The van der Waals surface area contributed by atoms with Crippen LogP contribution in [0.5, 0.6) is 0 Å². The minimum atomic E-state index is -0.435. The van der Waals surface area contributed by atoms with E-state index in [2.05, 4.69) is 9.80 Å². The fourth-order valence-electron chi connectivity index (χ4n) is 6.11. The van der Waals surface area contributed by atoms with Crippen LogP contribution in [0.4, 0.5) is 0 Å². The van der Waals surface area contributed by atoms with Gasteiger partial charge in [0.2, 0.25) is 5.91 Å². The largest absolute Gasteiger partial charge is 0.338 e. The van der Waals surface area contributed by atoms with Gasteiger partial charge in [-0.05, 0) is 74.9 Å². The molecule has 4 nitrogen and oxygen atoms in total. The number of nitrogens with zero attached hydrogens (tertiary/aromatic N) is 2. The third kappa shape index (κ3) is 2.50. The normalized spacial score (nSPS) is 38.2. The number of Topliss-reactive ketones (excluding diaryl/α,β-unsaturated/α-hetero) is 1. The lowest BCUT2D eigenvalue weighted by Crippen LogP contribution is -2.67. The smallest absolute Gasteiger partial charge is 0.233 e. The Bertz CT molecular complexity index is 671. The summed E-state index contributed by atoms with van der Waals surface area (Å²) in [5, 5.41) is 1.92. The molecule has 0 aromatic carbocycles. The Labute approximate surface area is 153 Å². The highest BCUT2D eigenvalue weighted by Crippen LogP contribution is 2.45. The molecule has 5 atom stereocenters. The van der Waals surface area contributed by atoms with E-state index in [9.17, 15) is 9.59 Å². The summed E-state index contributed by atoms with van der Waals surface area (Å²) < 4.78 is 0. The molecule has 4 aliphatic rings. The first kappa shape index (κ1) is 16.0. The molecule has 0 spiro atoms. The molecular formula is C20H26N2O2S. The molecule has 1 amide bonds. The molecule has 25 heavy (non-hydrogen) atoms. The van der Waals surface area contributed by atoms with Crippen LogP contribution < -0.4 is 0 Å². The van der Waals surface area contributed by atoms with E-state index >= 15 is 0 Å². The number of hydrogen-bond acceptors (Lipinski definition) is 4. The SMILES string of the molecule is O=C(c1cccs1)C1CC[C@@H]2[C@H]3CCCN4CCC[C@@H](CN2C1=O)[C@@H]34. The summed E-state index contributed by atoms with van der Waals surface area (Å²) in [5.41, 5.74) is 0. The van der Waals surface area contributed by atoms with Crippen LogP contribution in [0.15, 0.2) is 17.5 Å². The van der Waals surface area contributed by atoms with Crippen molar-refractivity contribution in [1.82, 2.24) is 9.80 Å². The highest BCUT2D eigenvalue weighted by atomic mass is 32.1. The van der Waals surface area contributed by atoms with Gasteiger partial charge in [0.1, 0.15) is 5.92 Å². The lowest BCUT2D eigenvalue weighted by Gasteiger charge is -2.59. The molecule has 4 fully saturated rings. The molecule has 4 aliphatic heterocycles. The van der Waals surface area contributed by atoms with Gasteiger partial charge >= 0.3 is 0 Å². The van der Waals surface area contributed by atoms with E-state index in [1.54, 1.807) is 0 Å². The average molecular weight is 359 g/mol. The van der Waals surface area contributed by atoms with E-state index < -0.39 is 5.92 Å². The highest BCUT2D eigenvalue weighted by molar-refractivity contribution is 7.12. The maximum Gasteiger partial charge on any atom is 0.233 e. The van der Waals surface area contributed by atoms with Gasteiger partial charge in [-0.1, -0.05) is 6.07 Å². The van der Waals surface area contributed by atoms with Gasteiger partial charge in [-0.3, -0.25) is 14.5 Å². The molecule has 1 aromatic rings. The van der Waals surface area contributed by atoms with Gasteiger partial charge in [0.25, 0.3) is 0 Å². The Morgan fingerprint density at radius 3 is 2.76 bits per heavy atom. The van der Waals surface area contributed by atoms with Crippen LogP contribution in [0.2, 0.25) is 0 Å². The van der Waals surface area contributed by atoms with Crippen molar-refractivity contribution in [2.75, 3.05) is 19.6 Å². The predicted octanol–water partition coefficient (Wildman–Crippen LogP) is 3.04. The number of carbonyl (C=O) groups is 2. The van der Waals surface area contributed by atoms with Crippen molar-refractivity contribution in [3.05, 3.63) is 22.4 Å². The molecule has 0 radical (unpaired) electrons. The second kappa shape index (κ2) is 6.20. The van der Waals surface area contributed by atoms with Crippen molar-refractivity contribution in [3.63, 3.8) is 0 Å². The van der Waals surface area contributed by atoms with Gasteiger partial charge in [0.05, 0.1) is 4.88 Å². The minimum absolute atomic E-state index is 0.0505. The lowest BCUT2D eigenvalue weighted by atomic mass is 9.67. The molecule has 5 heterocycles. The van der Waals surface area contributed by atoms with Crippen LogP contribution in [-0.2, 0) is 4.79 Å². The number of piperidine rings is 4. The number of rotatable bonds is 2. The van der Waals surface area contributed by atoms with E-state index in [-0.39, 0.29) is 11.7 Å².